The molecule has 1 aliphatic carbocycles. The number of carboxylic acids is 1. The monoisotopic (exact) mass is 856 g/mol. The predicted molar refractivity (Wildman–Crippen MR) is 201 cm³/mol. The molecule has 4 aliphatic rings. The van der Waals surface area contributed by atoms with Gasteiger partial charge in [-0.05, 0) is 54.1 Å². The second-order valence-electron chi connectivity index (χ2n) is 13.7. The number of aliphatic hydroxyl groups is 6. The Bertz CT molecular complexity index is 2250. The molecule has 2 fully saturated rings. The van der Waals surface area contributed by atoms with Gasteiger partial charge >= 0.3 is 17.9 Å². The Balaban J connectivity index is 1.27. The molecule has 0 saturated carbocycles. The van der Waals surface area contributed by atoms with Gasteiger partial charge in [-0.2, -0.15) is 0 Å². The van der Waals surface area contributed by atoms with E-state index >= 15 is 0 Å². The molecule has 0 amide bonds. The van der Waals surface area contributed by atoms with Gasteiger partial charge in [0.2, 0.25) is 12.6 Å². The lowest BCUT2D eigenvalue weighted by atomic mass is 9.99. The van der Waals surface area contributed by atoms with Crippen molar-refractivity contribution in [2.45, 2.75) is 67.8 Å². The van der Waals surface area contributed by atoms with E-state index in [0.29, 0.717) is 5.56 Å². The zero-order chi connectivity index (χ0) is 44.1. The molecule has 0 spiro atoms. The number of methoxy groups -OCH3 is 1. The number of aliphatic hydroxyl groups excluding tert-OH is 6. The molecule has 0 bridgehead atoms. The molecule has 2 aromatic carbocycles. The van der Waals surface area contributed by atoms with Crippen LogP contribution in [-0.4, -0.2) is 146 Å². The maximum atomic E-state index is 12.9. The van der Waals surface area contributed by atoms with Crippen LogP contribution in [0.2, 0.25) is 0 Å². The number of hydrogen-bond acceptors (Lipinski definition) is 20. The van der Waals surface area contributed by atoms with Gasteiger partial charge in [-0.3, -0.25) is 14.4 Å². The summed E-state index contributed by atoms with van der Waals surface area (Å²) in [6, 6.07) is 13.0. The Morgan fingerprint density at radius 2 is 1.31 bits per heavy atom. The molecule has 9 N–H and O–H groups in total. The molecule has 21 heteroatoms. The van der Waals surface area contributed by atoms with Gasteiger partial charge in [0.1, 0.15) is 85.7 Å². The van der Waals surface area contributed by atoms with E-state index in [-0.39, 0.29) is 51.4 Å². The normalized spacial score (nSPS) is 26.4. The first-order valence-electron chi connectivity index (χ1n) is 18.3. The van der Waals surface area contributed by atoms with Crippen molar-refractivity contribution in [1.82, 2.24) is 0 Å². The Morgan fingerprint density at radius 3 is 1.92 bits per heavy atom. The largest absolute Gasteiger partial charge is 0.508 e. The van der Waals surface area contributed by atoms with E-state index in [1.165, 1.54) is 61.7 Å². The first-order valence-corrected chi connectivity index (χ1v) is 18.3. The van der Waals surface area contributed by atoms with Crippen molar-refractivity contribution in [3.8, 4) is 51.4 Å². The fourth-order valence-electron chi connectivity index (χ4n) is 6.24. The summed E-state index contributed by atoms with van der Waals surface area (Å²) in [5, 5.41) is 92.9. The van der Waals surface area contributed by atoms with Gasteiger partial charge in [0.25, 0.3) is 0 Å². The van der Waals surface area contributed by atoms with Gasteiger partial charge in [0.05, 0.1) is 12.7 Å². The third-order valence-electron chi connectivity index (χ3n) is 9.45. The molecular formula is C40H40O21. The highest BCUT2D eigenvalue weighted by Gasteiger charge is 2.47. The van der Waals surface area contributed by atoms with E-state index in [1.807, 2.05) is 0 Å². The first-order chi connectivity index (χ1) is 29.0. The minimum absolute atomic E-state index is 0.0626. The van der Waals surface area contributed by atoms with E-state index in [0.717, 1.165) is 18.2 Å². The average Bonchev–Trinajstić information content (AvgIpc) is 3.22. The highest BCUT2D eigenvalue weighted by Crippen LogP contribution is 2.43. The molecule has 10 unspecified atom stereocenters. The lowest BCUT2D eigenvalue weighted by molar-refractivity contribution is -0.278. The number of phenolic OH excluding ortho intramolecular Hbond substituents is 2. The number of phenols is 2. The van der Waals surface area contributed by atoms with Crippen molar-refractivity contribution < 1.29 is 97.9 Å². The Kier molecular flexibility index (Phi) is 13.8. The summed E-state index contributed by atoms with van der Waals surface area (Å²) in [4.78, 5) is 48.2. The number of carboxylic acid groups (broad SMARTS) is 1. The Morgan fingerprint density at radius 1 is 0.705 bits per heavy atom. The number of hydrogen-bond donors (Lipinski definition) is 9. The van der Waals surface area contributed by atoms with Crippen LogP contribution in [0.15, 0.2) is 76.0 Å². The van der Waals surface area contributed by atoms with E-state index in [1.54, 1.807) is 0 Å². The number of aromatic hydroxyl groups is 2. The highest BCUT2D eigenvalue weighted by atomic mass is 16.7. The first kappa shape index (κ1) is 44.3. The van der Waals surface area contributed by atoms with Gasteiger partial charge in [-0.25, -0.2) is 4.79 Å². The summed E-state index contributed by atoms with van der Waals surface area (Å²) in [5.41, 5.74) is -0.0448. The Labute approximate surface area is 343 Å². The number of ether oxygens (including phenoxy) is 7. The number of aliphatic carboxylic acids is 1. The lowest BCUT2D eigenvalue weighted by Crippen LogP contribution is -2.60. The zero-order valence-corrected chi connectivity index (χ0v) is 31.7. The molecule has 3 heterocycles. The number of carbonyl (C=O) groups excluding carboxylic acids is 2. The summed E-state index contributed by atoms with van der Waals surface area (Å²) in [6.45, 7) is -1.41. The van der Waals surface area contributed by atoms with Crippen LogP contribution in [0.4, 0.5) is 0 Å². The standard InChI is InChI=1S/C40H40O21/c1-54-25-10-17(2-8-22(25)43)3-9-30(46)55-15-27-32(48)35(51)37(53)40(61-27)59-26-13-21-23(57-38(26)18-4-6-19(41)7-5-18)11-20(42)12-24(21)58-39-36(52)34(50)33(49)28(60-39)16-56-31(47)14-29(44)45/h2-13,27-28,32-37,39-41,43,48-53H,14-16H2,1H3,(H,44,45). The van der Waals surface area contributed by atoms with Crippen molar-refractivity contribution in [3.63, 3.8) is 0 Å². The maximum Gasteiger partial charge on any atom is 0.330 e. The fraction of sp³-hybridized carbons (Fsp3) is 0.350. The number of fused-ring (bicyclic) bond motifs is 1. The quantitative estimate of drug-likeness (QED) is 0.0438. The third kappa shape index (κ3) is 10.4. The molecule has 2 saturated heterocycles. The summed E-state index contributed by atoms with van der Waals surface area (Å²) in [6.07, 6.45) is -16.7. The Hall–Kier alpha value is -6.30. The topological polar surface area (TPSA) is 328 Å². The van der Waals surface area contributed by atoms with Crippen LogP contribution >= 0.6 is 0 Å². The second kappa shape index (κ2) is 19.0. The zero-order valence-electron chi connectivity index (χ0n) is 31.7. The van der Waals surface area contributed by atoms with E-state index in [9.17, 15) is 60.0 Å². The number of carbonyl (C=O) groups is 3. The highest BCUT2D eigenvalue weighted by molar-refractivity contribution is 5.90. The van der Waals surface area contributed by atoms with Crippen molar-refractivity contribution in [3.05, 3.63) is 82.5 Å². The summed E-state index contributed by atoms with van der Waals surface area (Å²) >= 11 is 0. The van der Waals surface area contributed by atoms with Crippen molar-refractivity contribution in [1.29, 1.82) is 0 Å². The molecule has 6 rings (SSSR count). The minimum Gasteiger partial charge on any atom is -0.508 e. The van der Waals surface area contributed by atoms with Crippen LogP contribution < -0.4 is 19.6 Å². The van der Waals surface area contributed by atoms with Crippen LogP contribution in [0.5, 0.6) is 28.7 Å². The lowest BCUT2D eigenvalue weighted by Gasteiger charge is -2.40. The smallest absolute Gasteiger partial charge is 0.330 e. The third-order valence-corrected chi connectivity index (χ3v) is 9.45. The van der Waals surface area contributed by atoms with E-state index in [2.05, 4.69) is 0 Å². The average molecular weight is 857 g/mol. The minimum atomic E-state index is -1.97. The molecule has 10 atom stereocenters. The van der Waals surface area contributed by atoms with Crippen LogP contribution in [-0.2, 0) is 33.3 Å². The summed E-state index contributed by atoms with van der Waals surface area (Å²) < 4.78 is 44.4. The van der Waals surface area contributed by atoms with Crippen LogP contribution in [0.1, 0.15) is 12.0 Å². The van der Waals surface area contributed by atoms with Gasteiger partial charge in [-0.15, -0.1) is 0 Å². The maximum absolute atomic E-state index is 12.9. The molecule has 3 aliphatic heterocycles. The van der Waals surface area contributed by atoms with Crippen LogP contribution in [0.3, 0.4) is 0 Å². The van der Waals surface area contributed by atoms with Gasteiger partial charge in [0, 0.05) is 23.8 Å². The van der Waals surface area contributed by atoms with Crippen molar-refractivity contribution in [2.24, 2.45) is 0 Å². The molecule has 326 valence electrons. The predicted octanol–water partition coefficient (Wildman–Crippen LogP) is -0.521. The van der Waals surface area contributed by atoms with Crippen molar-refractivity contribution in [2.75, 3.05) is 20.3 Å². The van der Waals surface area contributed by atoms with Crippen LogP contribution in [0, 0.1) is 0 Å². The number of esters is 2. The molecule has 21 nitrogen and oxygen atoms in total. The summed E-state index contributed by atoms with van der Waals surface area (Å²) in [5.74, 6) is -4.57. The van der Waals surface area contributed by atoms with Crippen LogP contribution in [0.25, 0.3) is 28.7 Å². The SMILES string of the molecule is COc1cc(C=CC(=O)OCC2OC(Oc3cc4c(OC5OC(COC(=O)CC(=O)O)C(O)C(O)C5O)cc(=O)cc-4oc3-c3ccc(O)cc3)C(O)C(O)C2O)ccc1O. The molecule has 0 aromatic heterocycles. The second-order valence-corrected chi connectivity index (χ2v) is 13.7. The molecule has 2 aromatic rings. The fourth-order valence-corrected chi connectivity index (χ4v) is 6.24. The molecule has 61 heavy (non-hydrogen) atoms. The van der Waals surface area contributed by atoms with Gasteiger partial charge in [-0.1, -0.05) is 6.07 Å². The molecule has 0 radical (unpaired) electrons. The summed E-state index contributed by atoms with van der Waals surface area (Å²) in [7, 11) is 1.35. The number of rotatable bonds is 14. The van der Waals surface area contributed by atoms with E-state index in [4.69, 9.17) is 42.7 Å². The van der Waals surface area contributed by atoms with Crippen molar-refractivity contribution >= 4 is 24.0 Å². The van der Waals surface area contributed by atoms with E-state index < -0.39 is 104 Å². The van der Waals surface area contributed by atoms with Gasteiger partial charge in [0.15, 0.2) is 28.4 Å². The number of benzene rings is 3. The molecular weight excluding hydrogens is 816 g/mol. The van der Waals surface area contributed by atoms with Gasteiger partial charge < -0.3 is 83.5 Å².